The second-order valence-corrected chi connectivity index (χ2v) is 18.5. The summed E-state index contributed by atoms with van der Waals surface area (Å²) in [6.45, 7) is 6.43. The average molecular weight is 946 g/mol. The van der Waals surface area contributed by atoms with Crippen LogP contribution in [0.15, 0.2) is 97.2 Å². The van der Waals surface area contributed by atoms with Crippen LogP contribution in [-0.2, 0) is 28.6 Å². The van der Waals surface area contributed by atoms with E-state index < -0.39 is 6.10 Å². The molecule has 1 atom stereocenters. The molecule has 0 aromatic rings. The lowest BCUT2D eigenvalue weighted by Gasteiger charge is -2.18. The van der Waals surface area contributed by atoms with Crippen molar-refractivity contribution in [1.82, 2.24) is 0 Å². The van der Waals surface area contributed by atoms with Gasteiger partial charge in [0.05, 0.1) is 0 Å². The third-order valence-electron chi connectivity index (χ3n) is 11.8. The minimum absolute atomic E-state index is 0.101. The zero-order chi connectivity index (χ0) is 49.3. The zero-order valence-electron chi connectivity index (χ0n) is 44.3. The molecule has 388 valence electrons. The molecule has 6 heteroatoms. The summed E-state index contributed by atoms with van der Waals surface area (Å²) in [6, 6.07) is 0. The van der Waals surface area contributed by atoms with Gasteiger partial charge in [-0.15, -0.1) is 0 Å². The molecule has 68 heavy (non-hydrogen) atoms. The molecule has 0 aromatic carbocycles. The van der Waals surface area contributed by atoms with Crippen LogP contribution in [0, 0.1) is 0 Å². The van der Waals surface area contributed by atoms with Crippen molar-refractivity contribution >= 4 is 17.9 Å². The first-order valence-corrected chi connectivity index (χ1v) is 28.2. The third-order valence-corrected chi connectivity index (χ3v) is 11.8. The summed E-state index contributed by atoms with van der Waals surface area (Å²) in [5.41, 5.74) is 0. The van der Waals surface area contributed by atoms with Gasteiger partial charge in [0.2, 0.25) is 0 Å². The van der Waals surface area contributed by atoms with E-state index in [-0.39, 0.29) is 37.5 Å². The predicted octanol–water partition coefficient (Wildman–Crippen LogP) is 18.9. The van der Waals surface area contributed by atoms with Crippen molar-refractivity contribution in [2.24, 2.45) is 0 Å². The fraction of sp³-hybridized carbons (Fsp3) is 0.694. The lowest BCUT2D eigenvalue weighted by molar-refractivity contribution is -0.167. The van der Waals surface area contributed by atoms with Gasteiger partial charge in [0.1, 0.15) is 13.2 Å². The first-order chi connectivity index (χ1) is 33.5. The lowest BCUT2D eigenvalue weighted by atomic mass is 10.1. The standard InChI is InChI=1S/C62H104O6/c1-4-7-10-13-16-19-21-23-25-27-28-29-30-31-32-33-34-36-37-39-41-43-46-49-52-55-61(64)67-58-59(57-66-60(63)54-51-48-45-18-15-12-9-6-3)68-62(65)56-53-50-47-44-42-40-38-35-26-24-22-20-17-14-11-8-5-2/h8,11,17,20-21,23-24,26-28,30-31,38,40,44,47,59H,4-7,9-10,12-16,18-19,22,25,29,32-37,39,41-43,45-46,48-58H2,1-3H3/b11-8-,20-17-,23-21-,26-24-,28-27-,31-30-,40-38-,47-44-. The second kappa shape index (κ2) is 55.9. The van der Waals surface area contributed by atoms with Gasteiger partial charge in [0, 0.05) is 19.3 Å². The summed E-state index contributed by atoms with van der Waals surface area (Å²) in [5.74, 6) is -0.968. The fourth-order valence-electron chi connectivity index (χ4n) is 7.60. The Morgan fingerprint density at radius 3 is 0.941 bits per heavy atom. The Hall–Kier alpha value is -3.67. The monoisotopic (exact) mass is 945 g/mol. The van der Waals surface area contributed by atoms with Crippen LogP contribution in [0.3, 0.4) is 0 Å². The molecule has 0 saturated heterocycles. The van der Waals surface area contributed by atoms with Crippen molar-refractivity contribution in [3.8, 4) is 0 Å². The Morgan fingerprint density at radius 1 is 0.309 bits per heavy atom. The Morgan fingerprint density at radius 2 is 0.588 bits per heavy atom. The van der Waals surface area contributed by atoms with E-state index in [0.29, 0.717) is 19.3 Å². The van der Waals surface area contributed by atoms with Gasteiger partial charge < -0.3 is 14.2 Å². The Kier molecular flexibility index (Phi) is 52.9. The number of carbonyl (C=O) groups excluding carboxylic acids is 3. The molecule has 0 spiro atoms. The maximum atomic E-state index is 12.8. The van der Waals surface area contributed by atoms with Crippen LogP contribution < -0.4 is 0 Å². The molecule has 0 radical (unpaired) electrons. The zero-order valence-corrected chi connectivity index (χ0v) is 44.3. The van der Waals surface area contributed by atoms with E-state index in [2.05, 4.69) is 118 Å². The number of esters is 3. The van der Waals surface area contributed by atoms with Gasteiger partial charge in [-0.25, -0.2) is 0 Å². The van der Waals surface area contributed by atoms with Crippen molar-refractivity contribution in [2.75, 3.05) is 13.2 Å². The molecule has 0 amide bonds. The normalized spacial score (nSPS) is 12.8. The van der Waals surface area contributed by atoms with Crippen LogP contribution in [0.5, 0.6) is 0 Å². The number of unbranched alkanes of at least 4 members (excludes halogenated alkanes) is 23. The number of rotatable bonds is 50. The van der Waals surface area contributed by atoms with Crippen molar-refractivity contribution in [1.29, 1.82) is 0 Å². The van der Waals surface area contributed by atoms with Crippen LogP contribution >= 0.6 is 0 Å². The molecular weight excluding hydrogens is 841 g/mol. The Balaban J connectivity index is 4.29. The molecule has 0 rings (SSSR count). The molecule has 0 aliphatic carbocycles. The fourth-order valence-corrected chi connectivity index (χ4v) is 7.60. The topological polar surface area (TPSA) is 78.9 Å². The van der Waals surface area contributed by atoms with Crippen LogP contribution in [0.1, 0.15) is 258 Å². The van der Waals surface area contributed by atoms with E-state index in [4.69, 9.17) is 14.2 Å². The summed E-state index contributed by atoms with van der Waals surface area (Å²) < 4.78 is 16.7. The number of hydrogen-bond acceptors (Lipinski definition) is 6. The number of carbonyl (C=O) groups is 3. The van der Waals surface area contributed by atoms with Gasteiger partial charge in [0.15, 0.2) is 6.10 Å². The quantitative estimate of drug-likeness (QED) is 0.0262. The summed E-state index contributed by atoms with van der Waals surface area (Å²) in [6.07, 6.45) is 74.2. The maximum absolute atomic E-state index is 12.8. The van der Waals surface area contributed by atoms with Gasteiger partial charge >= 0.3 is 17.9 Å². The number of ether oxygens (including phenoxy) is 3. The highest BCUT2D eigenvalue weighted by Crippen LogP contribution is 2.14. The van der Waals surface area contributed by atoms with E-state index in [0.717, 1.165) is 89.9 Å². The van der Waals surface area contributed by atoms with Gasteiger partial charge in [-0.2, -0.15) is 0 Å². The summed E-state index contributed by atoms with van der Waals surface area (Å²) >= 11 is 0. The van der Waals surface area contributed by atoms with Crippen LogP contribution in [0.25, 0.3) is 0 Å². The summed E-state index contributed by atoms with van der Waals surface area (Å²) in [5, 5.41) is 0. The average Bonchev–Trinajstić information content (AvgIpc) is 3.34. The first-order valence-electron chi connectivity index (χ1n) is 28.2. The molecule has 0 bridgehead atoms. The molecular formula is C62H104O6. The molecule has 0 N–H and O–H groups in total. The first kappa shape index (κ1) is 64.3. The smallest absolute Gasteiger partial charge is 0.306 e. The van der Waals surface area contributed by atoms with Crippen molar-refractivity contribution in [3.63, 3.8) is 0 Å². The molecule has 1 unspecified atom stereocenters. The third kappa shape index (κ3) is 53.3. The van der Waals surface area contributed by atoms with Crippen LogP contribution in [0.2, 0.25) is 0 Å². The highest BCUT2D eigenvalue weighted by atomic mass is 16.6. The van der Waals surface area contributed by atoms with E-state index in [9.17, 15) is 14.4 Å². The number of hydrogen-bond donors (Lipinski definition) is 0. The van der Waals surface area contributed by atoms with Crippen molar-refractivity contribution in [2.45, 2.75) is 264 Å². The molecule has 6 nitrogen and oxygen atoms in total. The van der Waals surface area contributed by atoms with Gasteiger partial charge in [-0.1, -0.05) is 240 Å². The lowest BCUT2D eigenvalue weighted by Crippen LogP contribution is -2.30. The molecule has 0 aromatic heterocycles. The largest absolute Gasteiger partial charge is 0.462 e. The molecule has 0 fully saturated rings. The van der Waals surface area contributed by atoms with E-state index in [1.165, 1.54) is 122 Å². The van der Waals surface area contributed by atoms with Gasteiger partial charge in [-0.05, 0) is 96.3 Å². The number of allylic oxidation sites excluding steroid dienone is 16. The van der Waals surface area contributed by atoms with Crippen LogP contribution in [-0.4, -0.2) is 37.2 Å². The summed E-state index contributed by atoms with van der Waals surface area (Å²) in [4.78, 5) is 37.9. The minimum atomic E-state index is -0.807. The predicted molar refractivity (Wildman–Crippen MR) is 293 cm³/mol. The highest BCUT2D eigenvalue weighted by Gasteiger charge is 2.19. The molecule has 0 aliphatic rings. The van der Waals surface area contributed by atoms with Gasteiger partial charge in [0.25, 0.3) is 0 Å². The van der Waals surface area contributed by atoms with Crippen molar-refractivity contribution in [3.05, 3.63) is 97.2 Å². The summed E-state index contributed by atoms with van der Waals surface area (Å²) in [7, 11) is 0. The molecule has 0 saturated carbocycles. The van der Waals surface area contributed by atoms with Gasteiger partial charge in [-0.3, -0.25) is 14.4 Å². The highest BCUT2D eigenvalue weighted by molar-refractivity contribution is 5.71. The SMILES string of the molecule is CC/C=C\C/C=C\C/C=C\C/C=C\C/C=C\CCCC(=O)OC(COC(=O)CCCCCCCCCC)COC(=O)CCCCCCCCCCCC/C=C\C/C=C\C/C=C\CCCCCCC. The minimum Gasteiger partial charge on any atom is -0.462 e. The Bertz CT molecular complexity index is 1360. The van der Waals surface area contributed by atoms with E-state index >= 15 is 0 Å². The van der Waals surface area contributed by atoms with Crippen LogP contribution in [0.4, 0.5) is 0 Å². The Labute approximate surface area is 419 Å². The maximum Gasteiger partial charge on any atom is 0.306 e. The van der Waals surface area contributed by atoms with E-state index in [1.807, 2.05) is 0 Å². The molecule has 0 heterocycles. The molecule has 0 aliphatic heterocycles. The van der Waals surface area contributed by atoms with E-state index in [1.54, 1.807) is 0 Å². The second-order valence-electron chi connectivity index (χ2n) is 18.5. The van der Waals surface area contributed by atoms with Crippen molar-refractivity contribution < 1.29 is 28.6 Å².